The molecule has 4 atom stereocenters. The fraction of sp³-hybridized carbons (Fsp3) is 0.773. The molecule has 3 N–H and O–H groups in total. The van der Waals surface area contributed by atoms with Gasteiger partial charge in [0.1, 0.15) is 0 Å². The van der Waals surface area contributed by atoms with Crippen molar-refractivity contribution in [3.8, 4) is 0 Å². The van der Waals surface area contributed by atoms with Crippen molar-refractivity contribution in [1.29, 1.82) is 0 Å². The van der Waals surface area contributed by atoms with Crippen LogP contribution >= 0.6 is 0 Å². The van der Waals surface area contributed by atoms with Crippen molar-refractivity contribution in [3.63, 3.8) is 0 Å². The number of rotatable bonds is 9. The van der Waals surface area contributed by atoms with Crippen molar-refractivity contribution in [3.05, 3.63) is 23.5 Å². The molecule has 146 valence electrons. The number of hydrogen-bond donors (Lipinski definition) is 3. The van der Waals surface area contributed by atoms with Gasteiger partial charge in [0.05, 0.1) is 11.9 Å². The van der Waals surface area contributed by atoms with Gasteiger partial charge in [-0.15, -0.1) is 0 Å². The van der Waals surface area contributed by atoms with Crippen LogP contribution in [0.3, 0.4) is 0 Å². The van der Waals surface area contributed by atoms with E-state index in [1.807, 2.05) is 6.08 Å². The van der Waals surface area contributed by atoms with Gasteiger partial charge in [0.15, 0.2) is 0 Å². The summed E-state index contributed by atoms with van der Waals surface area (Å²) in [5, 5.41) is 29.8. The van der Waals surface area contributed by atoms with Gasteiger partial charge in [0.25, 0.3) is 0 Å². The Bertz CT molecular complexity index is 544. The highest BCUT2D eigenvalue weighted by molar-refractivity contribution is 5.66. The molecule has 26 heavy (non-hydrogen) atoms. The Hall–Kier alpha value is -1.29. The summed E-state index contributed by atoms with van der Waals surface area (Å²) in [6, 6.07) is 0. The van der Waals surface area contributed by atoms with Gasteiger partial charge in [-0.1, -0.05) is 37.3 Å². The standard InChI is InChI=1S/C22H34O4/c23-19(10-5-9-15-6-1-2-7-15)22-18-13-16(8-3-4-11-21(25)26)12-17(18)14-20(22)24/h10,12,15,17-18,20,22-24H,1-9,11,13-14H2,(H,25,26)/t17-,18-,20+,22-/m1/s1. The van der Waals surface area contributed by atoms with E-state index >= 15 is 0 Å². The molecule has 0 radical (unpaired) electrons. The lowest BCUT2D eigenvalue weighted by Crippen LogP contribution is -2.21. The molecule has 0 spiro atoms. The fourth-order valence-corrected chi connectivity index (χ4v) is 5.43. The monoisotopic (exact) mass is 362 g/mol. The zero-order valence-electron chi connectivity index (χ0n) is 15.8. The molecule has 3 rings (SSSR count). The molecule has 4 heteroatoms. The number of aliphatic carboxylic acids is 1. The highest BCUT2D eigenvalue weighted by Crippen LogP contribution is 2.49. The van der Waals surface area contributed by atoms with Crippen LogP contribution in [0.15, 0.2) is 23.5 Å². The van der Waals surface area contributed by atoms with Crippen molar-refractivity contribution in [2.75, 3.05) is 0 Å². The Kier molecular flexibility index (Phi) is 6.80. The maximum absolute atomic E-state index is 10.6. The number of hydrogen-bond acceptors (Lipinski definition) is 3. The topological polar surface area (TPSA) is 77.8 Å². The number of aliphatic hydroxyl groups excluding tert-OH is 2. The summed E-state index contributed by atoms with van der Waals surface area (Å²) in [4.78, 5) is 10.6. The first-order valence-electron chi connectivity index (χ1n) is 10.5. The summed E-state index contributed by atoms with van der Waals surface area (Å²) < 4.78 is 0. The molecular weight excluding hydrogens is 328 g/mol. The molecule has 0 heterocycles. The third-order valence-electron chi connectivity index (χ3n) is 6.77. The summed E-state index contributed by atoms with van der Waals surface area (Å²) in [5.74, 6) is 1.08. The predicted molar refractivity (Wildman–Crippen MR) is 102 cm³/mol. The number of aliphatic hydroxyl groups is 2. The van der Waals surface area contributed by atoms with Gasteiger partial charge in [-0.2, -0.15) is 0 Å². The van der Waals surface area contributed by atoms with E-state index in [-0.39, 0.29) is 12.3 Å². The van der Waals surface area contributed by atoms with Gasteiger partial charge in [-0.05, 0) is 68.8 Å². The molecule has 0 amide bonds. The average Bonchev–Trinajstić information content (AvgIpc) is 3.27. The summed E-state index contributed by atoms with van der Waals surface area (Å²) in [6.45, 7) is 0. The van der Waals surface area contributed by atoms with Gasteiger partial charge < -0.3 is 15.3 Å². The molecule has 2 saturated carbocycles. The lowest BCUT2D eigenvalue weighted by atomic mass is 9.87. The molecule has 0 aromatic carbocycles. The maximum atomic E-state index is 10.6. The largest absolute Gasteiger partial charge is 0.512 e. The Morgan fingerprint density at radius 1 is 1.19 bits per heavy atom. The molecule has 0 bridgehead atoms. The molecule has 0 saturated heterocycles. The number of allylic oxidation sites excluding steroid dienone is 3. The van der Waals surface area contributed by atoms with Crippen LogP contribution in [0.25, 0.3) is 0 Å². The first kappa shape index (κ1) is 19.5. The lowest BCUT2D eigenvalue weighted by Gasteiger charge is -2.21. The van der Waals surface area contributed by atoms with Crippen LogP contribution in [-0.4, -0.2) is 27.4 Å². The lowest BCUT2D eigenvalue weighted by molar-refractivity contribution is -0.137. The van der Waals surface area contributed by atoms with Crippen LogP contribution in [0.1, 0.15) is 77.0 Å². The maximum Gasteiger partial charge on any atom is 0.303 e. The van der Waals surface area contributed by atoms with Crippen LogP contribution in [0.4, 0.5) is 0 Å². The number of fused-ring (bicyclic) bond motifs is 1. The van der Waals surface area contributed by atoms with Crippen molar-refractivity contribution in [2.24, 2.45) is 23.7 Å². The normalized spacial score (nSPS) is 32.0. The van der Waals surface area contributed by atoms with Gasteiger partial charge in [0.2, 0.25) is 0 Å². The van der Waals surface area contributed by atoms with Gasteiger partial charge in [0, 0.05) is 12.3 Å². The third kappa shape index (κ3) is 4.91. The Morgan fingerprint density at radius 2 is 1.96 bits per heavy atom. The summed E-state index contributed by atoms with van der Waals surface area (Å²) >= 11 is 0. The molecule has 0 aromatic rings. The highest BCUT2D eigenvalue weighted by Gasteiger charge is 2.46. The molecule has 3 aliphatic rings. The van der Waals surface area contributed by atoms with Crippen LogP contribution in [0.5, 0.6) is 0 Å². The Morgan fingerprint density at radius 3 is 2.69 bits per heavy atom. The molecule has 2 fully saturated rings. The van der Waals surface area contributed by atoms with E-state index in [1.165, 1.54) is 31.3 Å². The van der Waals surface area contributed by atoms with E-state index in [2.05, 4.69) is 6.08 Å². The van der Waals surface area contributed by atoms with E-state index in [1.54, 1.807) is 0 Å². The van der Waals surface area contributed by atoms with E-state index in [0.29, 0.717) is 17.6 Å². The van der Waals surface area contributed by atoms with Crippen LogP contribution in [-0.2, 0) is 4.79 Å². The zero-order valence-corrected chi connectivity index (χ0v) is 15.8. The summed E-state index contributed by atoms with van der Waals surface area (Å²) in [6.07, 6.45) is 15.8. The minimum Gasteiger partial charge on any atom is -0.512 e. The van der Waals surface area contributed by atoms with E-state index in [0.717, 1.165) is 50.9 Å². The fourth-order valence-electron chi connectivity index (χ4n) is 5.43. The van der Waals surface area contributed by atoms with Crippen molar-refractivity contribution in [2.45, 2.75) is 83.2 Å². The summed E-state index contributed by atoms with van der Waals surface area (Å²) in [7, 11) is 0. The van der Waals surface area contributed by atoms with Gasteiger partial charge >= 0.3 is 5.97 Å². The second-order valence-electron chi connectivity index (χ2n) is 8.64. The van der Waals surface area contributed by atoms with Crippen molar-refractivity contribution >= 4 is 5.97 Å². The SMILES string of the molecule is O=C(O)CCCCC1=C[C@@H]2C[C@H](O)[C@@H](C(O)=CCCC3CCCC3)[C@@H]2C1. The number of carbonyl (C=O) groups is 1. The second-order valence-corrected chi connectivity index (χ2v) is 8.64. The highest BCUT2D eigenvalue weighted by atomic mass is 16.4. The molecule has 3 aliphatic carbocycles. The number of unbranched alkanes of at least 4 members (excludes halogenated alkanes) is 1. The average molecular weight is 363 g/mol. The van der Waals surface area contributed by atoms with Crippen LogP contribution in [0, 0.1) is 23.7 Å². The van der Waals surface area contributed by atoms with E-state index in [4.69, 9.17) is 5.11 Å². The molecule has 0 aromatic heterocycles. The van der Waals surface area contributed by atoms with Crippen LogP contribution < -0.4 is 0 Å². The van der Waals surface area contributed by atoms with E-state index in [9.17, 15) is 15.0 Å². The minimum absolute atomic E-state index is 0.114. The minimum atomic E-state index is -0.724. The first-order chi connectivity index (χ1) is 12.5. The summed E-state index contributed by atoms with van der Waals surface area (Å²) in [5.41, 5.74) is 1.39. The molecule has 4 nitrogen and oxygen atoms in total. The molecular formula is C22H34O4. The number of carboxylic acids is 1. The zero-order chi connectivity index (χ0) is 18.5. The number of carboxylic acid groups (broad SMARTS) is 1. The Balaban J connectivity index is 1.47. The van der Waals surface area contributed by atoms with Gasteiger partial charge in [-0.3, -0.25) is 4.79 Å². The third-order valence-corrected chi connectivity index (χ3v) is 6.77. The quantitative estimate of drug-likeness (QED) is 0.307. The predicted octanol–water partition coefficient (Wildman–Crippen LogP) is 4.99. The molecule has 0 unspecified atom stereocenters. The molecule has 0 aliphatic heterocycles. The van der Waals surface area contributed by atoms with E-state index < -0.39 is 12.1 Å². The smallest absolute Gasteiger partial charge is 0.303 e. The van der Waals surface area contributed by atoms with Crippen molar-refractivity contribution < 1.29 is 20.1 Å². The van der Waals surface area contributed by atoms with Crippen LogP contribution in [0.2, 0.25) is 0 Å². The first-order valence-corrected chi connectivity index (χ1v) is 10.5. The van der Waals surface area contributed by atoms with Crippen molar-refractivity contribution in [1.82, 2.24) is 0 Å². The second kappa shape index (κ2) is 9.07. The Labute approximate surface area is 157 Å². The van der Waals surface area contributed by atoms with Gasteiger partial charge in [-0.25, -0.2) is 0 Å².